The number of aliphatic imine (C=N–C) groups is 1. The number of amides is 1. The standard InChI is InChI=1S/C17H22ClN3O2/c1-10-19-14(18)5-16(20-10)23-9-15(22)21-17-6-11-2-12(7-17)4-13(3-11)8-17/h5,11-13,19H,1-4,6-9H2,(H,21,22). The van der Waals surface area contributed by atoms with Crippen LogP contribution in [-0.4, -0.2) is 24.0 Å². The highest BCUT2D eigenvalue weighted by atomic mass is 35.5. The fourth-order valence-corrected chi connectivity index (χ4v) is 5.49. The van der Waals surface area contributed by atoms with E-state index in [-0.39, 0.29) is 18.1 Å². The van der Waals surface area contributed by atoms with Gasteiger partial charge in [-0.25, -0.2) is 0 Å². The first-order valence-corrected chi connectivity index (χ1v) is 8.73. The van der Waals surface area contributed by atoms with Gasteiger partial charge >= 0.3 is 0 Å². The normalized spacial score (nSPS) is 37.8. The van der Waals surface area contributed by atoms with Crippen LogP contribution < -0.4 is 10.6 Å². The number of halogens is 1. The predicted molar refractivity (Wildman–Crippen MR) is 88.6 cm³/mol. The van der Waals surface area contributed by atoms with E-state index in [0.717, 1.165) is 37.0 Å². The zero-order valence-corrected chi connectivity index (χ0v) is 13.9. The molecule has 2 N–H and O–H groups in total. The molecule has 4 bridgehead atoms. The SMILES string of the molecule is C=C1N=C(OCC(=O)NC23CC4CC(CC(C4)C2)C3)C=C(Cl)N1. The lowest BCUT2D eigenvalue weighted by atomic mass is 9.53. The summed E-state index contributed by atoms with van der Waals surface area (Å²) in [6, 6.07) is 0. The zero-order valence-electron chi connectivity index (χ0n) is 13.1. The number of carbonyl (C=O) groups excluding carboxylic acids is 1. The Bertz CT molecular complexity index is 576. The molecule has 1 amide bonds. The van der Waals surface area contributed by atoms with Crippen molar-refractivity contribution in [3.8, 4) is 0 Å². The lowest BCUT2D eigenvalue weighted by molar-refractivity contribution is -0.129. The molecule has 0 spiro atoms. The highest BCUT2D eigenvalue weighted by molar-refractivity contribution is 6.31. The number of ether oxygens (including phenoxy) is 1. The Hall–Kier alpha value is -1.49. The summed E-state index contributed by atoms with van der Waals surface area (Å²) < 4.78 is 5.48. The van der Waals surface area contributed by atoms with Crippen LogP contribution in [0, 0.1) is 17.8 Å². The van der Waals surface area contributed by atoms with Crippen LogP contribution in [0.2, 0.25) is 0 Å². The summed E-state index contributed by atoms with van der Waals surface area (Å²) in [6.07, 6.45) is 9.05. The lowest BCUT2D eigenvalue weighted by Crippen LogP contribution is -2.60. The molecule has 124 valence electrons. The van der Waals surface area contributed by atoms with Gasteiger partial charge in [0.2, 0.25) is 5.90 Å². The third kappa shape index (κ3) is 3.11. The van der Waals surface area contributed by atoms with Gasteiger partial charge in [0.05, 0.1) is 0 Å². The number of hydrogen-bond donors (Lipinski definition) is 2. The van der Waals surface area contributed by atoms with Gasteiger partial charge in [0.25, 0.3) is 5.91 Å². The summed E-state index contributed by atoms with van der Waals surface area (Å²) in [5, 5.41) is 6.43. The van der Waals surface area contributed by atoms with E-state index in [2.05, 4.69) is 22.2 Å². The van der Waals surface area contributed by atoms with Crippen LogP contribution in [-0.2, 0) is 9.53 Å². The quantitative estimate of drug-likeness (QED) is 0.779. The van der Waals surface area contributed by atoms with E-state index in [4.69, 9.17) is 16.3 Å². The molecule has 5 nitrogen and oxygen atoms in total. The molecule has 6 heteroatoms. The molecule has 0 radical (unpaired) electrons. The molecular formula is C17H22ClN3O2. The molecule has 0 aromatic rings. The van der Waals surface area contributed by atoms with Crippen molar-refractivity contribution in [1.29, 1.82) is 0 Å². The second-order valence-electron chi connectivity index (χ2n) is 7.55. The van der Waals surface area contributed by atoms with Gasteiger partial charge in [-0.2, -0.15) is 4.99 Å². The molecule has 5 aliphatic rings. The Morgan fingerprint density at radius 3 is 2.52 bits per heavy atom. The number of nitrogens with one attached hydrogen (secondary N) is 2. The van der Waals surface area contributed by atoms with Crippen molar-refractivity contribution in [3.63, 3.8) is 0 Å². The van der Waals surface area contributed by atoms with Crippen molar-refractivity contribution in [3.05, 3.63) is 23.6 Å². The largest absolute Gasteiger partial charge is 0.467 e. The molecule has 5 rings (SSSR count). The highest BCUT2D eigenvalue weighted by Crippen LogP contribution is 2.55. The van der Waals surface area contributed by atoms with E-state index in [1.54, 1.807) is 6.08 Å². The van der Waals surface area contributed by atoms with E-state index in [1.807, 2.05) is 0 Å². The second-order valence-corrected chi connectivity index (χ2v) is 7.96. The zero-order chi connectivity index (χ0) is 16.0. The highest BCUT2D eigenvalue weighted by Gasteiger charge is 2.51. The number of nitrogens with zero attached hydrogens (tertiary/aromatic N) is 1. The fourth-order valence-electron chi connectivity index (χ4n) is 5.28. The van der Waals surface area contributed by atoms with Crippen LogP contribution in [0.25, 0.3) is 0 Å². The van der Waals surface area contributed by atoms with Crippen LogP contribution in [0.1, 0.15) is 38.5 Å². The lowest BCUT2D eigenvalue weighted by Gasteiger charge is -2.56. The predicted octanol–water partition coefficient (Wildman–Crippen LogP) is 2.64. The molecule has 0 unspecified atom stereocenters. The third-order valence-electron chi connectivity index (χ3n) is 5.55. The smallest absolute Gasteiger partial charge is 0.258 e. The summed E-state index contributed by atoms with van der Waals surface area (Å²) in [5.41, 5.74) is 0.0161. The summed E-state index contributed by atoms with van der Waals surface area (Å²) in [6.45, 7) is 3.65. The first-order chi connectivity index (χ1) is 11.0. The van der Waals surface area contributed by atoms with Crippen molar-refractivity contribution in [2.45, 2.75) is 44.1 Å². The monoisotopic (exact) mass is 335 g/mol. The van der Waals surface area contributed by atoms with Crippen molar-refractivity contribution in [1.82, 2.24) is 10.6 Å². The summed E-state index contributed by atoms with van der Waals surface area (Å²) in [5.74, 6) is 3.08. The Balaban J connectivity index is 1.35. The van der Waals surface area contributed by atoms with Crippen molar-refractivity contribution >= 4 is 23.4 Å². The Kier molecular flexibility index (Phi) is 3.63. The Labute approximate surface area is 141 Å². The molecule has 4 aliphatic carbocycles. The minimum Gasteiger partial charge on any atom is -0.467 e. The summed E-state index contributed by atoms with van der Waals surface area (Å²) >= 11 is 5.89. The maximum absolute atomic E-state index is 12.4. The fraction of sp³-hybridized carbons (Fsp3) is 0.647. The molecule has 0 aromatic heterocycles. The molecule has 0 aromatic carbocycles. The third-order valence-corrected chi connectivity index (χ3v) is 5.76. The molecule has 23 heavy (non-hydrogen) atoms. The van der Waals surface area contributed by atoms with Gasteiger partial charge in [-0.05, 0) is 56.3 Å². The first kappa shape index (κ1) is 15.1. The van der Waals surface area contributed by atoms with Crippen LogP contribution >= 0.6 is 11.6 Å². The second kappa shape index (κ2) is 5.55. The topological polar surface area (TPSA) is 62.7 Å². The minimum absolute atomic E-state index is 0.0161. The Morgan fingerprint density at radius 1 is 1.35 bits per heavy atom. The van der Waals surface area contributed by atoms with Crippen LogP contribution in [0.5, 0.6) is 0 Å². The van der Waals surface area contributed by atoms with E-state index in [0.29, 0.717) is 16.9 Å². The molecule has 0 saturated heterocycles. The van der Waals surface area contributed by atoms with E-state index < -0.39 is 0 Å². The van der Waals surface area contributed by atoms with Crippen LogP contribution in [0.15, 0.2) is 28.6 Å². The van der Waals surface area contributed by atoms with Crippen molar-refractivity contribution in [2.24, 2.45) is 22.7 Å². The van der Waals surface area contributed by atoms with E-state index >= 15 is 0 Å². The van der Waals surface area contributed by atoms with E-state index in [1.165, 1.54) is 19.3 Å². The van der Waals surface area contributed by atoms with Gasteiger partial charge in [0, 0.05) is 11.6 Å². The van der Waals surface area contributed by atoms with E-state index in [9.17, 15) is 4.79 Å². The molecular weight excluding hydrogens is 314 g/mol. The molecule has 4 fully saturated rings. The van der Waals surface area contributed by atoms with Gasteiger partial charge in [-0.15, -0.1) is 0 Å². The maximum atomic E-state index is 12.4. The summed E-state index contributed by atoms with van der Waals surface area (Å²) in [7, 11) is 0. The van der Waals surface area contributed by atoms with Gasteiger partial charge < -0.3 is 15.4 Å². The van der Waals surface area contributed by atoms with Gasteiger partial charge in [-0.3, -0.25) is 4.79 Å². The summed E-state index contributed by atoms with van der Waals surface area (Å²) in [4.78, 5) is 16.4. The Morgan fingerprint density at radius 2 is 1.96 bits per heavy atom. The van der Waals surface area contributed by atoms with Crippen LogP contribution in [0.3, 0.4) is 0 Å². The van der Waals surface area contributed by atoms with Crippen molar-refractivity contribution in [2.75, 3.05) is 6.61 Å². The minimum atomic E-state index is -0.0664. The van der Waals surface area contributed by atoms with Gasteiger partial charge in [0.1, 0.15) is 11.0 Å². The molecule has 1 heterocycles. The number of hydrogen-bond acceptors (Lipinski definition) is 4. The molecule has 1 aliphatic heterocycles. The number of carbonyl (C=O) groups is 1. The average molecular weight is 336 g/mol. The van der Waals surface area contributed by atoms with Crippen molar-refractivity contribution < 1.29 is 9.53 Å². The molecule has 0 atom stereocenters. The maximum Gasteiger partial charge on any atom is 0.258 e. The molecule has 4 saturated carbocycles. The number of rotatable bonds is 3. The van der Waals surface area contributed by atoms with Gasteiger partial charge in [-0.1, -0.05) is 18.2 Å². The van der Waals surface area contributed by atoms with Gasteiger partial charge in [0.15, 0.2) is 6.61 Å². The first-order valence-electron chi connectivity index (χ1n) is 8.35. The average Bonchev–Trinajstić information content (AvgIpc) is 2.42. The van der Waals surface area contributed by atoms with Crippen LogP contribution in [0.4, 0.5) is 0 Å².